The zero-order chi connectivity index (χ0) is 23.1. The normalized spacial score (nSPS) is 27.2. The number of likely N-dealkylation sites (tertiary alicyclic amines) is 1. The van der Waals surface area contributed by atoms with Gasteiger partial charge in [-0.3, -0.25) is 4.79 Å². The summed E-state index contributed by atoms with van der Waals surface area (Å²) in [7, 11) is 0. The van der Waals surface area contributed by atoms with E-state index < -0.39 is 17.2 Å². The number of carbonyl (C=O) groups excluding carboxylic acids is 1. The monoisotopic (exact) mass is 449 g/mol. The minimum absolute atomic E-state index is 0.0232. The Morgan fingerprint density at radius 3 is 2.59 bits per heavy atom. The molecule has 0 N–H and O–H groups in total. The molecule has 1 aromatic rings. The van der Waals surface area contributed by atoms with E-state index in [4.69, 9.17) is 10.00 Å². The first kappa shape index (κ1) is 22.9. The molecule has 0 radical (unpaired) electrons. The Morgan fingerprint density at radius 2 is 1.97 bits per heavy atom. The van der Waals surface area contributed by atoms with Crippen molar-refractivity contribution in [2.45, 2.75) is 64.7 Å². The van der Waals surface area contributed by atoms with Gasteiger partial charge in [-0.15, -0.1) is 0 Å². The van der Waals surface area contributed by atoms with Gasteiger partial charge < -0.3 is 14.5 Å². The maximum Gasteiger partial charge on any atom is 0.416 e. The summed E-state index contributed by atoms with van der Waals surface area (Å²) in [6.45, 7) is 6.07. The first-order valence-electron chi connectivity index (χ1n) is 11.4. The minimum atomic E-state index is -4.43. The van der Waals surface area contributed by atoms with Crippen molar-refractivity contribution in [1.82, 2.24) is 9.80 Å². The Kier molecular flexibility index (Phi) is 6.15. The molecule has 2 atom stereocenters. The number of nitrogens with zero attached hydrogens (tertiary/aromatic N) is 3. The molecule has 3 aliphatic rings. The number of nitriles is 1. The number of hydrogen-bond acceptors (Lipinski definition) is 4. The zero-order valence-electron chi connectivity index (χ0n) is 18.6. The number of halogens is 3. The molecule has 8 heteroatoms. The second-order valence-corrected chi connectivity index (χ2v) is 9.74. The molecule has 1 aromatic carbocycles. The molecule has 174 valence electrons. The average Bonchev–Trinajstić information content (AvgIpc) is 3.24. The molecule has 2 fully saturated rings. The highest BCUT2D eigenvalue weighted by Crippen LogP contribution is 2.48. The summed E-state index contributed by atoms with van der Waals surface area (Å²) in [6, 6.07) is 6.11. The first-order chi connectivity index (χ1) is 15.1. The number of hydrogen-bond donors (Lipinski definition) is 0. The summed E-state index contributed by atoms with van der Waals surface area (Å²) < 4.78 is 45.1. The van der Waals surface area contributed by atoms with Gasteiger partial charge in [0.25, 0.3) is 0 Å². The molecule has 2 heterocycles. The fourth-order valence-electron chi connectivity index (χ4n) is 5.58. The quantitative estimate of drug-likeness (QED) is 0.664. The molecule has 0 spiro atoms. The lowest BCUT2D eigenvalue weighted by atomic mass is 9.74. The lowest BCUT2D eigenvalue weighted by Gasteiger charge is -2.40. The fraction of sp³-hybridized carbons (Fsp3) is 0.667. The van der Waals surface area contributed by atoms with E-state index in [0.29, 0.717) is 17.4 Å². The Labute approximate surface area is 187 Å². The van der Waals surface area contributed by atoms with Crippen LogP contribution in [0.1, 0.15) is 57.1 Å². The number of ether oxygens (including phenoxy) is 1. The predicted molar refractivity (Wildman–Crippen MR) is 112 cm³/mol. The Morgan fingerprint density at radius 1 is 1.25 bits per heavy atom. The Bertz CT molecular complexity index is 903. The fourth-order valence-corrected chi connectivity index (χ4v) is 5.58. The van der Waals surface area contributed by atoms with Crippen LogP contribution in [0.4, 0.5) is 13.2 Å². The molecule has 4 rings (SSSR count). The smallest absolute Gasteiger partial charge is 0.416 e. The third-order valence-corrected chi connectivity index (χ3v) is 7.70. The summed E-state index contributed by atoms with van der Waals surface area (Å²) in [5, 5.41) is 9.15. The van der Waals surface area contributed by atoms with Gasteiger partial charge in [-0.2, -0.15) is 18.4 Å². The third kappa shape index (κ3) is 4.19. The van der Waals surface area contributed by atoms with E-state index in [1.165, 1.54) is 6.07 Å². The van der Waals surface area contributed by atoms with Gasteiger partial charge >= 0.3 is 6.18 Å². The van der Waals surface area contributed by atoms with Crippen molar-refractivity contribution in [1.29, 1.82) is 5.26 Å². The van der Waals surface area contributed by atoms with Crippen molar-refractivity contribution in [2.24, 2.45) is 17.3 Å². The second-order valence-electron chi connectivity index (χ2n) is 9.74. The van der Waals surface area contributed by atoms with Crippen molar-refractivity contribution in [3.05, 3.63) is 29.3 Å². The van der Waals surface area contributed by atoms with Gasteiger partial charge in [0.1, 0.15) is 5.75 Å². The van der Waals surface area contributed by atoms with Gasteiger partial charge in [0.15, 0.2) is 6.73 Å². The van der Waals surface area contributed by atoms with Gasteiger partial charge in [0, 0.05) is 17.5 Å². The van der Waals surface area contributed by atoms with Crippen LogP contribution < -0.4 is 4.74 Å². The van der Waals surface area contributed by atoms with Crippen LogP contribution in [-0.4, -0.2) is 41.6 Å². The molecule has 1 aliphatic carbocycles. The number of fused-ring (bicyclic) bond motifs is 1. The Hall–Kier alpha value is -2.27. The summed E-state index contributed by atoms with van der Waals surface area (Å²) >= 11 is 0. The molecule has 0 bridgehead atoms. The van der Waals surface area contributed by atoms with Crippen LogP contribution in [-0.2, 0) is 17.5 Å². The largest absolute Gasteiger partial charge is 0.473 e. The molecule has 0 unspecified atom stereocenters. The van der Waals surface area contributed by atoms with Gasteiger partial charge in [0.05, 0.1) is 23.6 Å². The number of piperidine rings is 1. The van der Waals surface area contributed by atoms with Crippen LogP contribution in [0.2, 0.25) is 0 Å². The van der Waals surface area contributed by atoms with Crippen LogP contribution in [0.25, 0.3) is 0 Å². The molecule has 5 nitrogen and oxygen atoms in total. The van der Waals surface area contributed by atoms with Gasteiger partial charge in [-0.25, -0.2) is 0 Å². The molecule has 1 amide bonds. The van der Waals surface area contributed by atoms with Crippen LogP contribution in [0.5, 0.6) is 5.75 Å². The van der Waals surface area contributed by atoms with E-state index >= 15 is 0 Å². The first-order valence-corrected chi connectivity index (χ1v) is 11.4. The van der Waals surface area contributed by atoms with Crippen LogP contribution in [0.3, 0.4) is 0 Å². The molecule has 2 aliphatic heterocycles. The lowest BCUT2D eigenvalue weighted by Crippen LogP contribution is -2.49. The highest BCUT2D eigenvalue weighted by Gasteiger charge is 2.51. The predicted octanol–water partition coefficient (Wildman–Crippen LogP) is 4.81. The summed E-state index contributed by atoms with van der Waals surface area (Å²) in [6.07, 6.45) is -0.268. The van der Waals surface area contributed by atoms with Crippen molar-refractivity contribution >= 4 is 5.91 Å². The standard InChI is InChI=1S/C24H30F3N3O2/c1-16(2)23(8-5-20(12-23)29-9-6-17(13-28)7-10-29)22(31)30-14-18-11-19(24(25,26)27)3-4-21(18)32-15-30/h3-4,11,16-17,20H,5-10,12,14-15H2,1-2H3/t20-,23+/m1/s1. The number of carbonyl (C=O) groups is 1. The lowest BCUT2D eigenvalue weighted by molar-refractivity contribution is -0.150. The second kappa shape index (κ2) is 8.58. The topological polar surface area (TPSA) is 56.6 Å². The van der Waals surface area contributed by atoms with Gasteiger partial charge in [-0.1, -0.05) is 13.8 Å². The van der Waals surface area contributed by atoms with E-state index in [9.17, 15) is 18.0 Å². The van der Waals surface area contributed by atoms with E-state index in [0.717, 1.165) is 57.3 Å². The van der Waals surface area contributed by atoms with E-state index in [1.54, 1.807) is 4.90 Å². The average molecular weight is 450 g/mol. The van der Waals surface area contributed by atoms with Crippen molar-refractivity contribution < 1.29 is 22.7 Å². The summed E-state index contributed by atoms with van der Waals surface area (Å²) in [4.78, 5) is 17.7. The van der Waals surface area contributed by atoms with Gasteiger partial charge in [-0.05, 0) is 69.3 Å². The highest BCUT2D eigenvalue weighted by atomic mass is 19.4. The molecular formula is C24H30F3N3O2. The molecular weight excluding hydrogens is 419 g/mol. The minimum Gasteiger partial charge on any atom is -0.473 e. The molecule has 1 saturated carbocycles. The van der Waals surface area contributed by atoms with E-state index in [1.807, 2.05) is 0 Å². The van der Waals surface area contributed by atoms with Crippen LogP contribution in [0.15, 0.2) is 18.2 Å². The van der Waals surface area contributed by atoms with E-state index in [-0.39, 0.29) is 31.0 Å². The maximum absolute atomic E-state index is 13.7. The third-order valence-electron chi connectivity index (χ3n) is 7.70. The van der Waals surface area contributed by atoms with Crippen molar-refractivity contribution in [3.8, 4) is 11.8 Å². The summed E-state index contributed by atoms with van der Waals surface area (Å²) in [5.41, 5.74) is -0.875. The molecule has 0 aromatic heterocycles. The van der Waals surface area contributed by atoms with E-state index in [2.05, 4.69) is 24.8 Å². The van der Waals surface area contributed by atoms with Gasteiger partial charge in [0.2, 0.25) is 5.91 Å². The number of benzene rings is 1. The number of amides is 1. The highest BCUT2D eigenvalue weighted by molar-refractivity contribution is 5.83. The van der Waals surface area contributed by atoms with Crippen molar-refractivity contribution in [2.75, 3.05) is 19.8 Å². The zero-order valence-corrected chi connectivity index (χ0v) is 18.6. The number of alkyl halides is 3. The number of rotatable bonds is 3. The summed E-state index contributed by atoms with van der Waals surface area (Å²) in [5.74, 6) is 0.617. The van der Waals surface area contributed by atoms with Crippen LogP contribution >= 0.6 is 0 Å². The SMILES string of the molecule is CC(C)[C@]1(C(=O)N2COc3ccc(C(F)(F)F)cc3C2)CC[C@@H](N2CCC(C#N)CC2)C1. The van der Waals surface area contributed by atoms with Crippen molar-refractivity contribution in [3.63, 3.8) is 0 Å². The Balaban J connectivity index is 1.49. The maximum atomic E-state index is 13.7. The molecule has 32 heavy (non-hydrogen) atoms. The van der Waals surface area contributed by atoms with Crippen LogP contribution in [0, 0.1) is 28.6 Å². The molecule has 1 saturated heterocycles.